The highest BCUT2D eigenvalue weighted by atomic mass is 32.2. The number of aryl methyl sites for hydroxylation is 1. The second kappa shape index (κ2) is 10.8. The maximum atomic E-state index is 12.6. The summed E-state index contributed by atoms with van der Waals surface area (Å²) in [6.07, 6.45) is 2.99. The highest BCUT2D eigenvalue weighted by Gasteiger charge is 2.28. The van der Waals surface area contributed by atoms with E-state index in [1.807, 2.05) is 0 Å². The molecule has 172 valence electrons. The van der Waals surface area contributed by atoms with E-state index in [9.17, 15) is 22.8 Å². The molecule has 1 fully saturated rings. The van der Waals surface area contributed by atoms with Crippen molar-refractivity contribution < 1.29 is 32.3 Å². The Morgan fingerprint density at radius 3 is 2.58 bits per heavy atom. The van der Waals surface area contributed by atoms with E-state index < -0.39 is 22.0 Å². The molecule has 0 N–H and O–H groups in total. The minimum Gasteiger partial charge on any atom is -0.466 e. The number of thioether (sulfide) groups is 1. The van der Waals surface area contributed by atoms with Gasteiger partial charge in [-0.2, -0.15) is 4.31 Å². The third kappa shape index (κ3) is 5.89. The molecule has 0 unspecified atom stereocenters. The number of ether oxygens (including phenoxy) is 2. The number of nitrogens with zero attached hydrogens (tertiary/aromatic N) is 3. The normalized spacial score (nSPS) is 15.7. The lowest BCUT2D eigenvalue weighted by Crippen LogP contribution is -2.30. The molecule has 12 heteroatoms. The first kappa shape index (κ1) is 25.0. The van der Waals surface area contributed by atoms with Gasteiger partial charge < -0.3 is 18.9 Å². The van der Waals surface area contributed by atoms with Gasteiger partial charge in [0.25, 0.3) is 0 Å². The first-order valence-electron chi connectivity index (χ1n) is 9.72. The average molecular weight is 474 g/mol. The summed E-state index contributed by atoms with van der Waals surface area (Å²) in [5, 5.41) is 0.497. The van der Waals surface area contributed by atoms with Crippen LogP contribution in [0.4, 0.5) is 0 Å². The molecule has 1 aromatic heterocycles. The van der Waals surface area contributed by atoms with E-state index in [-0.39, 0.29) is 35.4 Å². The van der Waals surface area contributed by atoms with Gasteiger partial charge in [0.15, 0.2) is 0 Å². The number of methoxy groups -OCH3 is 1. The van der Waals surface area contributed by atoms with Crippen LogP contribution in [-0.4, -0.2) is 79.1 Å². The number of sulfonamides is 1. The zero-order valence-electron chi connectivity index (χ0n) is 18.0. The van der Waals surface area contributed by atoms with Crippen LogP contribution in [-0.2, 0) is 36.1 Å². The zero-order chi connectivity index (χ0) is 23.2. The smallest absolute Gasteiger partial charge is 0.354 e. The number of esters is 2. The summed E-state index contributed by atoms with van der Waals surface area (Å²) in [4.78, 5) is 37.3. The van der Waals surface area contributed by atoms with Gasteiger partial charge in [-0.25, -0.2) is 18.0 Å². The van der Waals surface area contributed by atoms with E-state index in [2.05, 4.69) is 4.74 Å². The molecule has 10 nitrogen and oxygen atoms in total. The van der Waals surface area contributed by atoms with E-state index in [0.717, 1.165) is 0 Å². The average Bonchev–Trinajstić information content (AvgIpc) is 3.29. The van der Waals surface area contributed by atoms with E-state index >= 15 is 0 Å². The third-order valence-corrected chi connectivity index (χ3v) is 7.69. The summed E-state index contributed by atoms with van der Waals surface area (Å²) < 4.78 is 37.8. The van der Waals surface area contributed by atoms with Crippen molar-refractivity contribution in [1.82, 2.24) is 13.8 Å². The van der Waals surface area contributed by atoms with Gasteiger partial charge in [0.05, 0.1) is 30.6 Å². The SMILES string of the molecule is CCN(CC)S(=O)(=O)c1cc(C(=O)OCCCN2C(=O)CS/C2=C\C(=O)OC)n(C)c1. The van der Waals surface area contributed by atoms with Gasteiger partial charge in [-0.3, -0.25) is 4.79 Å². The van der Waals surface area contributed by atoms with Crippen LogP contribution in [0.3, 0.4) is 0 Å². The molecule has 0 spiro atoms. The van der Waals surface area contributed by atoms with Crippen molar-refractivity contribution in [2.45, 2.75) is 25.2 Å². The number of hydrogen-bond donors (Lipinski definition) is 0. The second-order valence-corrected chi connectivity index (χ2v) is 9.52. The lowest BCUT2D eigenvalue weighted by atomic mass is 10.4. The summed E-state index contributed by atoms with van der Waals surface area (Å²) in [5.74, 6) is -1.11. The monoisotopic (exact) mass is 473 g/mol. The van der Waals surface area contributed by atoms with Crippen molar-refractivity contribution in [2.75, 3.05) is 39.1 Å². The number of amides is 1. The molecular formula is C19H27N3O7S2. The van der Waals surface area contributed by atoms with Crippen molar-refractivity contribution >= 4 is 39.6 Å². The highest BCUT2D eigenvalue weighted by molar-refractivity contribution is 8.04. The van der Waals surface area contributed by atoms with Crippen LogP contribution in [0.1, 0.15) is 30.8 Å². The summed E-state index contributed by atoms with van der Waals surface area (Å²) in [5.41, 5.74) is 0.116. The molecular weight excluding hydrogens is 446 g/mol. The van der Waals surface area contributed by atoms with Gasteiger partial charge in [0.2, 0.25) is 15.9 Å². The molecule has 1 amide bonds. The van der Waals surface area contributed by atoms with Crippen LogP contribution in [0.25, 0.3) is 0 Å². The fourth-order valence-electron chi connectivity index (χ4n) is 2.98. The van der Waals surface area contributed by atoms with Crippen LogP contribution in [0, 0.1) is 0 Å². The maximum Gasteiger partial charge on any atom is 0.354 e. The van der Waals surface area contributed by atoms with Gasteiger partial charge in [-0.05, 0) is 12.5 Å². The molecule has 1 aliphatic heterocycles. The van der Waals surface area contributed by atoms with Gasteiger partial charge in [-0.15, -0.1) is 0 Å². The molecule has 1 aromatic rings. The fourth-order valence-corrected chi connectivity index (χ4v) is 5.47. The van der Waals surface area contributed by atoms with Crippen LogP contribution in [0.15, 0.2) is 28.3 Å². The van der Waals surface area contributed by atoms with Crippen LogP contribution in [0.2, 0.25) is 0 Å². The van der Waals surface area contributed by atoms with Crippen molar-refractivity contribution in [1.29, 1.82) is 0 Å². The molecule has 0 bridgehead atoms. The van der Waals surface area contributed by atoms with E-state index in [1.165, 1.54) is 51.0 Å². The van der Waals surface area contributed by atoms with Crippen molar-refractivity contribution in [3.8, 4) is 0 Å². The summed E-state index contributed by atoms with van der Waals surface area (Å²) >= 11 is 1.24. The summed E-state index contributed by atoms with van der Waals surface area (Å²) in [6, 6.07) is 1.30. The largest absolute Gasteiger partial charge is 0.466 e. The Labute approximate surface area is 186 Å². The molecule has 0 saturated carbocycles. The van der Waals surface area contributed by atoms with E-state index in [4.69, 9.17) is 4.74 Å². The Balaban J connectivity index is 1.96. The molecule has 1 saturated heterocycles. The van der Waals surface area contributed by atoms with E-state index in [0.29, 0.717) is 24.5 Å². The summed E-state index contributed by atoms with van der Waals surface area (Å²) in [6.45, 7) is 4.45. The van der Waals surface area contributed by atoms with Gasteiger partial charge >= 0.3 is 11.9 Å². The van der Waals surface area contributed by atoms with Crippen molar-refractivity contribution in [3.63, 3.8) is 0 Å². The minimum absolute atomic E-state index is 0.0299. The number of carbonyl (C=O) groups excluding carboxylic acids is 3. The second-order valence-electron chi connectivity index (χ2n) is 6.59. The number of carbonyl (C=O) groups is 3. The van der Waals surface area contributed by atoms with Gasteiger partial charge in [-0.1, -0.05) is 25.6 Å². The molecule has 31 heavy (non-hydrogen) atoms. The fraction of sp³-hybridized carbons (Fsp3) is 0.526. The molecule has 0 radical (unpaired) electrons. The number of aromatic nitrogens is 1. The Morgan fingerprint density at radius 2 is 1.97 bits per heavy atom. The minimum atomic E-state index is -3.68. The lowest BCUT2D eigenvalue weighted by Gasteiger charge is -2.17. The summed E-state index contributed by atoms with van der Waals surface area (Å²) in [7, 11) is -0.855. The van der Waals surface area contributed by atoms with Crippen molar-refractivity contribution in [3.05, 3.63) is 29.1 Å². The van der Waals surface area contributed by atoms with Crippen LogP contribution in [0.5, 0.6) is 0 Å². The predicted octanol–water partition coefficient (Wildman–Crippen LogP) is 1.19. The van der Waals surface area contributed by atoms with Gasteiger partial charge in [0.1, 0.15) is 10.6 Å². The first-order chi connectivity index (χ1) is 14.6. The first-order valence-corrected chi connectivity index (χ1v) is 12.1. The lowest BCUT2D eigenvalue weighted by molar-refractivity contribution is -0.134. The number of rotatable bonds is 10. The molecule has 0 aromatic carbocycles. The standard InChI is InChI=1S/C19H27N3O7S2/c1-5-21(6-2)31(26,27)14-10-15(20(3)12-14)19(25)29-9-7-8-22-16(23)13-30-17(22)11-18(24)28-4/h10-12H,5-9,13H2,1-4H3/b17-11-. The Morgan fingerprint density at radius 1 is 1.29 bits per heavy atom. The molecule has 0 aliphatic carbocycles. The number of hydrogen-bond acceptors (Lipinski definition) is 8. The van der Waals surface area contributed by atoms with E-state index in [1.54, 1.807) is 20.9 Å². The van der Waals surface area contributed by atoms with Crippen LogP contribution < -0.4 is 0 Å². The third-order valence-electron chi connectivity index (χ3n) is 4.64. The zero-order valence-corrected chi connectivity index (χ0v) is 19.6. The Bertz CT molecular complexity index is 965. The Kier molecular flexibility index (Phi) is 8.71. The highest BCUT2D eigenvalue weighted by Crippen LogP contribution is 2.28. The quantitative estimate of drug-likeness (QED) is 0.283. The maximum absolute atomic E-state index is 12.6. The predicted molar refractivity (Wildman–Crippen MR) is 115 cm³/mol. The molecule has 0 atom stereocenters. The molecule has 1 aliphatic rings. The molecule has 2 rings (SSSR count). The van der Waals surface area contributed by atoms with Gasteiger partial charge in [0, 0.05) is 32.9 Å². The topological polar surface area (TPSA) is 115 Å². The molecule has 2 heterocycles. The van der Waals surface area contributed by atoms with Crippen LogP contribution >= 0.6 is 11.8 Å². The van der Waals surface area contributed by atoms with Crippen molar-refractivity contribution in [2.24, 2.45) is 7.05 Å². The Hall–Kier alpha value is -2.31.